The fourth-order valence-electron chi connectivity index (χ4n) is 9.67. The van der Waals surface area contributed by atoms with Gasteiger partial charge in [-0.05, 0) is 101 Å². The van der Waals surface area contributed by atoms with Crippen LogP contribution in [0, 0.1) is 5.92 Å². The van der Waals surface area contributed by atoms with Crippen molar-refractivity contribution in [2.24, 2.45) is 5.92 Å². The smallest absolute Gasteiger partial charge is 0.284 e. The van der Waals surface area contributed by atoms with Gasteiger partial charge in [0.1, 0.15) is 11.6 Å². The van der Waals surface area contributed by atoms with Crippen molar-refractivity contribution in [1.82, 2.24) is 39.5 Å². The third-order valence-electron chi connectivity index (χ3n) is 13.0. The molecule has 2 aliphatic carbocycles. The second-order valence-electron chi connectivity index (χ2n) is 16.8. The van der Waals surface area contributed by atoms with Crippen molar-refractivity contribution in [2.45, 2.75) is 101 Å². The Kier molecular flexibility index (Phi) is 11.2. The van der Waals surface area contributed by atoms with Crippen LogP contribution < -0.4 is 16.0 Å². The molecule has 6 heterocycles. The molecule has 3 aliphatic heterocycles. The number of nitrogens with zero attached hydrogens (tertiary/aromatic N) is 7. The van der Waals surface area contributed by atoms with Crippen LogP contribution in [0.4, 0.5) is 20.2 Å². The van der Waals surface area contributed by atoms with Crippen LogP contribution in [0.25, 0.3) is 11.2 Å². The fourth-order valence-corrected chi connectivity index (χ4v) is 9.67. The van der Waals surface area contributed by atoms with Gasteiger partial charge in [-0.25, -0.2) is 18.3 Å². The van der Waals surface area contributed by atoms with E-state index in [0.29, 0.717) is 48.6 Å². The first-order chi connectivity index (χ1) is 29.5. The highest BCUT2D eigenvalue weighted by Gasteiger charge is 2.46. The number of amides is 5. The van der Waals surface area contributed by atoms with Gasteiger partial charge in [-0.2, -0.15) is 10.2 Å². The summed E-state index contributed by atoms with van der Waals surface area (Å²) in [6, 6.07) is 6.35. The predicted octanol–water partition coefficient (Wildman–Crippen LogP) is 5.41. The summed E-state index contributed by atoms with van der Waals surface area (Å²) in [4.78, 5) is 72.7. The molecule has 1 unspecified atom stereocenters. The highest BCUT2D eigenvalue weighted by molar-refractivity contribution is 6.25. The molecule has 3 N–H and O–H groups in total. The highest BCUT2D eigenvalue weighted by atomic mass is 19.3. The van der Waals surface area contributed by atoms with Crippen molar-refractivity contribution in [2.75, 3.05) is 37.4 Å². The van der Waals surface area contributed by atoms with E-state index in [1.807, 2.05) is 12.1 Å². The molecule has 3 fully saturated rings. The number of halogens is 2. The first-order valence-corrected chi connectivity index (χ1v) is 21.1. The van der Waals surface area contributed by atoms with Crippen LogP contribution in [0.1, 0.15) is 126 Å². The third kappa shape index (κ3) is 8.05. The number of hydrogen-bond acceptors (Lipinski definition) is 11. The van der Waals surface area contributed by atoms with Crippen LogP contribution in [-0.2, 0) is 14.3 Å². The van der Waals surface area contributed by atoms with Crippen molar-refractivity contribution in [3.8, 4) is 0 Å². The standard InChI is InChI=1S/C43H48F2N10O6/c1-52(27-11-7-26(8-12-27)47-32-4-2-3-29-36(32)43(60)55(42(29)59)34-13-14-35(56)50-41(34)58)22-24-5-9-28(10-6-24)54-23-33(37(51-54)38(44)45)49-40(57)30-21-46-53-18-15-31(48-39(30)53)25-16-19-61-20-17-25/h2-4,15-16,18,21,23-24,26-28,34,38,47H,5-14,17,19-20,22H2,1H3,(H,49,57)(H,50,56,58)/t24-,26-,27-,28-,34?. The summed E-state index contributed by atoms with van der Waals surface area (Å²) < 4.78 is 37.0. The minimum Gasteiger partial charge on any atom is -0.382 e. The molecular weight excluding hydrogens is 791 g/mol. The molecule has 61 heavy (non-hydrogen) atoms. The SMILES string of the molecule is CN(C[C@H]1CC[C@H](n2cc(NC(=O)c3cnn4ccc(C5=CCOCC5)nc34)c(C(F)F)n2)CC1)[C@H]1CC[C@H](Nc2cccc3c2C(=O)N(C2CCC(=O)NC2=O)C3=O)CC1. The van der Waals surface area contributed by atoms with Gasteiger partial charge >= 0.3 is 0 Å². The molecule has 4 aromatic rings. The van der Waals surface area contributed by atoms with E-state index in [1.165, 1.54) is 16.9 Å². The Morgan fingerprint density at radius 3 is 2.52 bits per heavy atom. The molecule has 1 aromatic carbocycles. The Morgan fingerprint density at radius 2 is 1.79 bits per heavy atom. The number of benzene rings is 1. The van der Waals surface area contributed by atoms with Crippen LogP contribution in [-0.4, -0.2) is 109 Å². The van der Waals surface area contributed by atoms with Crippen molar-refractivity contribution in [3.05, 3.63) is 77.0 Å². The van der Waals surface area contributed by atoms with Crippen LogP contribution in [0.3, 0.4) is 0 Å². The van der Waals surface area contributed by atoms with E-state index in [1.54, 1.807) is 29.1 Å². The summed E-state index contributed by atoms with van der Waals surface area (Å²) in [6.45, 7) is 1.99. The molecule has 0 spiro atoms. The number of carbonyl (C=O) groups is 5. The minimum atomic E-state index is -2.88. The lowest BCUT2D eigenvalue weighted by atomic mass is 9.84. The molecular formula is C43H48F2N10O6. The van der Waals surface area contributed by atoms with Gasteiger partial charge in [0.15, 0.2) is 11.3 Å². The summed E-state index contributed by atoms with van der Waals surface area (Å²) in [5.41, 5.74) is 2.83. The maximum atomic E-state index is 14.3. The average Bonchev–Trinajstić information content (AvgIpc) is 3.96. The van der Waals surface area contributed by atoms with Gasteiger partial charge in [-0.3, -0.25) is 38.9 Å². The van der Waals surface area contributed by atoms with E-state index in [2.05, 4.69) is 43.1 Å². The Balaban J connectivity index is 0.770. The molecule has 9 rings (SSSR count). The van der Waals surface area contributed by atoms with E-state index < -0.39 is 47.7 Å². The number of rotatable bonds is 11. The Labute approximate surface area is 350 Å². The van der Waals surface area contributed by atoms with Crippen molar-refractivity contribution in [1.29, 1.82) is 0 Å². The normalized spacial score (nSPS) is 24.6. The maximum absolute atomic E-state index is 14.3. The van der Waals surface area contributed by atoms with E-state index in [4.69, 9.17) is 4.74 Å². The Bertz CT molecular complexity index is 2410. The summed E-state index contributed by atoms with van der Waals surface area (Å²) in [7, 11) is 2.16. The van der Waals surface area contributed by atoms with Crippen LogP contribution >= 0.6 is 0 Å². The second-order valence-corrected chi connectivity index (χ2v) is 16.8. The molecule has 1 saturated heterocycles. The van der Waals surface area contributed by atoms with Gasteiger partial charge in [0.05, 0.1) is 48.0 Å². The van der Waals surface area contributed by atoms with E-state index in [0.717, 1.165) is 68.4 Å². The fraction of sp³-hybridized carbons (Fsp3) is 0.488. The first kappa shape index (κ1) is 40.5. The summed E-state index contributed by atoms with van der Waals surface area (Å²) in [5, 5.41) is 17.0. The number of carbonyl (C=O) groups excluding carboxylic acids is 5. The molecule has 16 nitrogen and oxygen atoms in total. The van der Waals surface area contributed by atoms with Gasteiger partial charge < -0.3 is 20.3 Å². The van der Waals surface area contributed by atoms with Crippen molar-refractivity contribution in [3.63, 3.8) is 0 Å². The molecule has 5 aliphatic rings. The molecule has 3 aromatic heterocycles. The van der Waals surface area contributed by atoms with E-state index in [9.17, 15) is 32.8 Å². The number of imide groups is 2. The zero-order valence-electron chi connectivity index (χ0n) is 33.8. The number of piperidine rings is 1. The average molecular weight is 839 g/mol. The van der Waals surface area contributed by atoms with Gasteiger partial charge in [-0.1, -0.05) is 12.1 Å². The molecule has 0 radical (unpaired) electrons. The second kappa shape index (κ2) is 16.9. The Morgan fingerprint density at radius 1 is 0.984 bits per heavy atom. The number of ether oxygens (including phenoxy) is 1. The van der Waals surface area contributed by atoms with Gasteiger partial charge in [0, 0.05) is 43.1 Å². The highest BCUT2D eigenvalue weighted by Crippen LogP contribution is 2.38. The number of nitrogens with one attached hydrogen (secondary N) is 3. The lowest BCUT2D eigenvalue weighted by Gasteiger charge is -2.38. The monoisotopic (exact) mass is 838 g/mol. The molecule has 320 valence electrons. The molecule has 5 amide bonds. The van der Waals surface area contributed by atoms with Crippen LogP contribution in [0.2, 0.25) is 0 Å². The van der Waals surface area contributed by atoms with E-state index >= 15 is 0 Å². The molecule has 2 saturated carbocycles. The summed E-state index contributed by atoms with van der Waals surface area (Å²) in [5.74, 6) is -2.24. The quantitative estimate of drug-likeness (QED) is 0.164. The van der Waals surface area contributed by atoms with Crippen LogP contribution in [0.15, 0.2) is 48.9 Å². The summed E-state index contributed by atoms with van der Waals surface area (Å²) in [6.07, 6.45) is 11.6. The molecule has 0 bridgehead atoms. The maximum Gasteiger partial charge on any atom is 0.284 e. The number of fused-ring (bicyclic) bond motifs is 2. The zero-order valence-corrected chi connectivity index (χ0v) is 33.8. The predicted molar refractivity (Wildman–Crippen MR) is 218 cm³/mol. The van der Waals surface area contributed by atoms with Gasteiger partial charge in [0.25, 0.3) is 24.1 Å². The number of hydrogen-bond donors (Lipinski definition) is 3. The van der Waals surface area contributed by atoms with Crippen molar-refractivity contribution < 1.29 is 37.5 Å². The van der Waals surface area contributed by atoms with Crippen molar-refractivity contribution >= 4 is 52.1 Å². The van der Waals surface area contributed by atoms with Gasteiger partial charge in [-0.15, -0.1) is 0 Å². The lowest BCUT2D eigenvalue weighted by Crippen LogP contribution is -2.54. The third-order valence-corrected chi connectivity index (χ3v) is 13.0. The zero-order chi connectivity index (χ0) is 42.4. The lowest BCUT2D eigenvalue weighted by molar-refractivity contribution is -0.136. The van der Waals surface area contributed by atoms with E-state index in [-0.39, 0.29) is 47.3 Å². The minimum absolute atomic E-state index is 0.0273. The number of aromatic nitrogens is 5. The first-order valence-electron chi connectivity index (χ1n) is 21.1. The largest absolute Gasteiger partial charge is 0.382 e. The topological polar surface area (TPSA) is 185 Å². The summed E-state index contributed by atoms with van der Waals surface area (Å²) >= 11 is 0. The number of alkyl halides is 2. The Hall–Kier alpha value is -5.88. The van der Waals surface area contributed by atoms with Crippen LogP contribution in [0.5, 0.6) is 0 Å². The van der Waals surface area contributed by atoms with Gasteiger partial charge in [0.2, 0.25) is 11.8 Å². The molecule has 18 heteroatoms. The number of anilines is 2. The molecule has 1 atom stereocenters.